The summed E-state index contributed by atoms with van der Waals surface area (Å²) in [7, 11) is 0. The maximum absolute atomic E-state index is 11.1. The highest BCUT2D eigenvalue weighted by Gasteiger charge is 2.15. The number of rotatable bonds is 3. The van der Waals surface area contributed by atoms with Crippen molar-refractivity contribution in [1.82, 2.24) is 0 Å². The molecular weight excluding hydrogens is 367 g/mol. The van der Waals surface area contributed by atoms with Gasteiger partial charge < -0.3 is 0 Å². The van der Waals surface area contributed by atoms with Gasteiger partial charge in [-0.25, -0.2) is 0 Å². The second-order valence-electron chi connectivity index (χ2n) is 3.13. The number of Topliss-reactive ketones (excluding diaryl/α,β-unsaturated/α-hetero) is 1. The summed E-state index contributed by atoms with van der Waals surface area (Å²) in [6, 6.07) is 3.53. The van der Waals surface area contributed by atoms with Gasteiger partial charge in [-0.3, -0.25) is 4.79 Å². The molecule has 1 nitrogen and oxygen atoms in total. The van der Waals surface area contributed by atoms with Crippen molar-refractivity contribution in [2.75, 3.05) is 0 Å². The van der Waals surface area contributed by atoms with Crippen molar-refractivity contribution in [2.24, 2.45) is 0 Å². The van der Waals surface area contributed by atoms with Gasteiger partial charge in [-0.15, -0.1) is 0 Å². The van der Waals surface area contributed by atoms with E-state index in [9.17, 15) is 4.79 Å². The zero-order valence-corrected chi connectivity index (χ0v) is 12.5. The molecule has 0 aromatic heterocycles. The van der Waals surface area contributed by atoms with Crippen molar-refractivity contribution in [3.8, 4) is 0 Å². The number of ketones is 1. The Morgan fingerprint density at radius 3 is 2.27 bits per heavy atom. The molecule has 1 atom stereocenters. The highest BCUT2D eigenvalue weighted by molar-refractivity contribution is 9.10. The largest absolute Gasteiger partial charge is 0.299 e. The lowest BCUT2D eigenvalue weighted by atomic mass is 10.1. The lowest BCUT2D eigenvalue weighted by molar-refractivity contribution is -0.116. The van der Waals surface area contributed by atoms with E-state index in [1.54, 1.807) is 12.1 Å². The van der Waals surface area contributed by atoms with Crippen LogP contribution in [0.15, 0.2) is 16.6 Å². The number of halogens is 4. The fourth-order valence-corrected chi connectivity index (χ4v) is 2.78. The van der Waals surface area contributed by atoms with E-state index in [-0.39, 0.29) is 10.6 Å². The summed E-state index contributed by atoms with van der Waals surface area (Å²) in [6.07, 6.45) is 0.500. The van der Waals surface area contributed by atoms with Gasteiger partial charge in [0.25, 0.3) is 0 Å². The zero-order valence-electron chi connectivity index (χ0n) is 7.86. The minimum absolute atomic E-state index is 0.0602. The molecule has 0 aliphatic rings. The summed E-state index contributed by atoms with van der Waals surface area (Å²) < 4.78 is 0.829. The standard InChI is InChI=1S/C10H8Br2Cl2O/c1-5(15)8(12)4-7-9(13)2-6(11)3-10(7)14/h2-3,8H,4H2,1H3. The van der Waals surface area contributed by atoms with Crippen LogP contribution < -0.4 is 0 Å². The summed E-state index contributed by atoms with van der Waals surface area (Å²) >= 11 is 18.7. The first-order chi connectivity index (χ1) is 6.91. The SMILES string of the molecule is CC(=O)C(Br)Cc1c(Cl)cc(Br)cc1Cl. The molecule has 0 saturated carbocycles. The lowest BCUT2D eigenvalue weighted by Crippen LogP contribution is -2.13. The smallest absolute Gasteiger partial charge is 0.143 e. The first-order valence-corrected chi connectivity index (χ1v) is 6.66. The highest BCUT2D eigenvalue weighted by atomic mass is 79.9. The number of benzene rings is 1. The van der Waals surface area contributed by atoms with Crippen LogP contribution in [-0.4, -0.2) is 10.6 Å². The average Bonchev–Trinajstić information content (AvgIpc) is 2.10. The maximum atomic E-state index is 11.1. The van der Waals surface area contributed by atoms with Crippen molar-refractivity contribution in [1.29, 1.82) is 0 Å². The normalized spacial score (nSPS) is 12.6. The molecule has 15 heavy (non-hydrogen) atoms. The Bertz CT molecular complexity index is 370. The first kappa shape index (κ1) is 13.5. The van der Waals surface area contributed by atoms with Gasteiger partial charge in [0.15, 0.2) is 0 Å². The average molecular weight is 375 g/mol. The Morgan fingerprint density at radius 1 is 1.40 bits per heavy atom. The van der Waals surface area contributed by atoms with E-state index >= 15 is 0 Å². The van der Waals surface area contributed by atoms with Gasteiger partial charge in [0.1, 0.15) is 5.78 Å². The summed E-state index contributed by atoms with van der Waals surface area (Å²) in [5.41, 5.74) is 0.790. The second-order valence-corrected chi connectivity index (χ2v) is 5.97. The third-order valence-corrected chi connectivity index (χ3v) is 4.03. The lowest BCUT2D eigenvalue weighted by Gasteiger charge is -2.10. The molecule has 0 spiro atoms. The van der Waals surface area contributed by atoms with Crippen LogP contribution in [0.1, 0.15) is 12.5 Å². The van der Waals surface area contributed by atoms with E-state index in [1.165, 1.54) is 6.92 Å². The van der Waals surface area contributed by atoms with E-state index in [2.05, 4.69) is 31.9 Å². The van der Waals surface area contributed by atoms with Gasteiger partial charge in [0.05, 0.1) is 4.83 Å². The number of alkyl halides is 1. The zero-order chi connectivity index (χ0) is 11.6. The summed E-state index contributed by atoms with van der Waals surface area (Å²) in [5, 5.41) is 1.14. The van der Waals surface area contributed by atoms with Gasteiger partial charge >= 0.3 is 0 Å². The third-order valence-electron chi connectivity index (χ3n) is 1.93. The molecule has 0 heterocycles. The van der Waals surface area contributed by atoms with Crippen LogP contribution in [0.25, 0.3) is 0 Å². The van der Waals surface area contributed by atoms with Crippen molar-refractivity contribution in [2.45, 2.75) is 18.2 Å². The third kappa shape index (κ3) is 3.74. The topological polar surface area (TPSA) is 17.1 Å². The van der Waals surface area contributed by atoms with Crippen LogP contribution in [-0.2, 0) is 11.2 Å². The fourth-order valence-electron chi connectivity index (χ4n) is 1.09. The Balaban J connectivity index is 3.00. The van der Waals surface area contributed by atoms with Crippen molar-refractivity contribution < 1.29 is 4.79 Å². The Kier molecular flexibility index (Phi) is 5.10. The first-order valence-electron chi connectivity index (χ1n) is 4.19. The molecule has 1 aromatic rings. The molecule has 0 aliphatic heterocycles. The minimum Gasteiger partial charge on any atom is -0.299 e. The molecule has 82 valence electrons. The van der Waals surface area contributed by atoms with Crippen LogP contribution in [0.5, 0.6) is 0 Å². The van der Waals surface area contributed by atoms with Crippen LogP contribution >= 0.6 is 55.1 Å². The Labute approximate surface area is 115 Å². The van der Waals surface area contributed by atoms with E-state index in [0.717, 1.165) is 10.0 Å². The molecule has 0 amide bonds. The molecular formula is C10H8Br2Cl2O. The number of hydrogen-bond acceptors (Lipinski definition) is 1. The van der Waals surface area contributed by atoms with E-state index < -0.39 is 0 Å². The van der Waals surface area contributed by atoms with E-state index in [4.69, 9.17) is 23.2 Å². The van der Waals surface area contributed by atoms with Crippen LogP contribution in [0.3, 0.4) is 0 Å². The van der Waals surface area contributed by atoms with Crippen LogP contribution in [0, 0.1) is 0 Å². The van der Waals surface area contributed by atoms with Crippen molar-refractivity contribution in [3.63, 3.8) is 0 Å². The Morgan fingerprint density at radius 2 is 1.87 bits per heavy atom. The number of hydrogen-bond donors (Lipinski definition) is 0. The highest BCUT2D eigenvalue weighted by Crippen LogP contribution is 2.31. The molecule has 0 aliphatic carbocycles. The fraction of sp³-hybridized carbons (Fsp3) is 0.300. The van der Waals surface area contributed by atoms with E-state index in [0.29, 0.717) is 16.5 Å². The Hall–Kier alpha value is 0.430. The molecule has 1 aromatic carbocycles. The predicted octanol–water partition coefficient (Wildman–Crippen LogP) is 4.65. The second kappa shape index (κ2) is 5.67. The van der Waals surface area contributed by atoms with Crippen molar-refractivity contribution in [3.05, 3.63) is 32.2 Å². The summed E-state index contributed by atoms with van der Waals surface area (Å²) in [5.74, 6) is 0.0602. The molecule has 0 bridgehead atoms. The van der Waals surface area contributed by atoms with Gasteiger partial charge in [-0.05, 0) is 31.0 Å². The van der Waals surface area contributed by atoms with Crippen molar-refractivity contribution >= 4 is 60.8 Å². The molecule has 5 heteroatoms. The number of carbonyl (C=O) groups is 1. The molecule has 0 saturated heterocycles. The van der Waals surface area contributed by atoms with Crippen LogP contribution in [0.4, 0.5) is 0 Å². The van der Waals surface area contributed by atoms with Gasteiger partial charge in [0.2, 0.25) is 0 Å². The van der Waals surface area contributed by atoms with Crippen LogP contribution in [0.2, 0.25) is 10.0 Å². The summed E-state index contributed by atoms with van der Waals surface area (Å²) in [6.45, 7) is 1.53. The molecule has 0 radical (unpaired) electrons. The molecule has 1 rings (SSSR count). The quantitative estimate of drug-likeness (QED) is 0.704. The van der Waals surface area contributed by atoms with Gasteiger partial charge in [-0.2, -0.15) is 0 Å². The maximum Gasteiger partial charge on any atom is 0.143 e. The molecule has 0 fully saturated rings. The van der Waals surface area contributed by atoms with Gasteiger partial charge in [-0.1, -0.05) is 55.1 Å². The molecule has 0 N–H and O–H groups in total. The minimum atomic E-state index is -0.242. The summed E-state index contributed by atoms with van der Waals surface area (Å²) in [4.78, 5) is 10.9. The van der Waals surface area contributed by atoms with E-state index in [1.807, 2.05) is 0 Å². The van der Waals surface area contributed by atoms with Gasteiger partial charge in [0, 0.05) is 14.5 Å². The monoisotopic (exact) mass is 372 g/mol. The number of carbonyl (C=O) groups excluding carboxylic acids is 1. The molecule has 1 unspecified atom stereocenters. The predicted molar refractivity (Wildman–Crippen MR) is 71.3 cm³/mol.